The minimum atomic E-state index is -0.329. The second-order valence-electron chi connectivity index (χ2n) is 6.24. The molecule has 0 fully saturated rings. The van der Waals surface area contributed by atoms with Crippen molar-refractivity contribution in [1.29, 1.82) is 0 Å². The molecule has 0 saturated carbocycles. The first-order chi connectivity index (χ1) is 13.8. The molecule has 0 aliphatic rings. The molecule has 2 aromatic rings. The van der Waals surface area contributed by atoms with Crippen molar-refractivity contribution in [2.24, 2.45) is 0 Å². The molecule has 0 radical (unpaired) electrons. The number of aryl methyl sites for hydroxylation is 1. The summed E-state index contributed by atoms with van der Waals surface area (Å²) in [6.45, 7) is 3.90. The van der Waals surface area contributed by atoms with Crippen LogP contribution in [0.5, 0.6) is 17.2 Å². The van der Waals surface area contributed by atoms with Crippen molar-refractivity contribution < 1.29 is 23.8 Å². The van der Waals surface area contributed by atoms with Crippen LogP contribution in [0.1, 0.15) is 22.8 Å². The van der Waals surface area contributed by atoms with Crippen LogP contribution in [-0.2, 0) is 4.79 Å². The number of nitrogens with zero attached hydrogens (tertiary/aromatic N) is 1. The van der Waals surface area contributed by atoms with Gasteiger partial charge in [0, 0.05) is 22.8 Å². The SMILES string of the molecule is CCN(CC(=O)Nc1cc(Cl)ccc1C)C(=O)c1cc(OC)c(OC)c(OC)c1. The lowest BCUT2D eigenvalue weighted by Crippen LogP contribution is -2.38. The lowest BCUT2D eigenvalue weighted by atomic mass is 10.1. The van der Waals surface area contributed by atoms with Gasteiger partial charge >= 0.3 is 0 Å². The number of carbonyl (C=O) groups excluding carboxylic acids is 2. The Labute approximate surface area is 175 Å². The van der Waals surface area contributed by atoms with Crippen LogP contribution in [0.4, 0.5) is 5.69 Å². The Balaban J connectivity index is 2.22. The molecule has 1 N–H and O–H groups in total. The number of anilines is 1. The van der Waals surface area contributed by atoms with Crippen molar-refractivity contribution >= 4 is 29.1 Å². The summed E-state index contributed by atoms with van der Waals surface area (Å²) in [6.07, 6.45) is 0. The molecular formula is C21H25ClN2O5. The number of ether oxygens (including phenoxy) is 3. The first-order valence-corrected chi connectivity index (χ1v) is 9.37. The summed E-state index contributed by atoms with van der Waals surface area (Å²) in [6, 6.07) is 8.36. The van der Waals surface area contributed by atoms with Gasteiger partial charge in [0.15, 0.2) is 11.5 Å². The molecular weight excluding hydrogens is 396 g/mol. The summed E-state index contributed by atoms with van der Waals surface area (Å²) >= 11 is 6.00. The second-order valence-corrected chi connectivity index (χ2v) is 6.68. The summed E-state index contributed by atoms with van der Waals surface area (Å²) in [7, 11) is 4.44. The molecule has 2 aromatic carbocycles. The third kappa shape index (κ3) is 5.32. The van der Waals surface area contributed by atoms with Gasteiger partial charge in [0.05, 0.1) is 21.3 Å². The van der Waals surface area contributed by atoms with Crippen LogP contribution >= 0.6 is 11.6 Å². The number of hydrogen-bond donors (Lipinski definition) is 1. The lowest BCUT2D eigenvalue weighted by Gasteiger charge is -2.22. The van der Waals surface area contributed by atoms with Crippen molar-refractivity contribution in [3.8, 4) is 17.2 Å². The van der Waals surface area contributed by atoms with Crippen LogP contribution < -0.4 is 19.5 Å². The highest BCUT2D eigenvalue weighted by molar-refractivity contribution is 6.31. The number of halogens is 1. The first-order valence-electron chi connectivity index (χ1n) is 8.99. The Morgan fingerprint density at radius 3 is 2.17 bits per heavy atom. The van der Waals surface area contributed by atoms with Crippen molar-refractivity contribution in [3.05, 3.63) is 46.5 Å². The van der Waals surface area contributed by atoms with Gasteiger partial charge in [-0.3, -0.25) is 9.59 Å². The van der Waals surface area contributed by atoms with E-state index in [1.807, 2.05) is 13.0 Å². The largest absolute Gasteiger partial charge is 0.493 e. The molecule has 0 aliphatic carbocycles. The quantitative estimate of drug-likeness (QED) is 0.703. The molecule has 2 amide bonds. The zero-order valence-electron chi connectivity index (χ0n) is 17.2. The van der Waals surface area contributed by atoms with Crippen LogP contribution in [0.15, 0.2) is 30.3 Å². The standard InChI is InChI=1S/C21H25ClN2O5/c1-6-24(12-19(25)23-16-11-15(22)8-7-13(16)2)21(26)14-9-17(27-3)20(29-5)18(10-14)28-4/h7-11H,6,12H2,1-5H3,(H,23,25). The smallest absolute Gasteiger partial charge is 0.254 e. The number of carbonyl (C=O) groups is 2. The van der Waals surface area contributed by atoms with Gasteiger partial charge in [0.1, 0.15) is 6.54 Å². The van der Waals surface area contributed by atoms with Gasteiger partial charge in [-0.1, -0.05) is 17.7 Å². The van der Waals surface area contributed by atoms with Crippen LogP contribution in [-0.4, -0.2) is 51.1 Å². The van der Waals surface area contributed by atoms with Gasteiger partial charge in [-0.15, -0.1) is 0 Å². The second kappa shape index (κ2) is 10.0. The molecule has 29 heavy (non-hydrogen) atoms. The lowest BCUT2D eigenvalue weighted by molar-refractivity contribution is -0.116. The molecule has 156 valence electrons. The van der Waals surface area contributed by atoms with Crippen molar-refractivity contribution in [2.75, 3.05) is 39.7 Å². The maximum Gasteiger partial charge on any atom is 0.254 e. The van der Waals surface area contributed by atoms with Gasteiger partial charge in [-0.05, 0) is 43.7 Å². The van der Waals surface area contributed by atoms with Crippen LogP contribution in [0.25, 0.3) is 0 Å². The number of amides is 2. The maximum absolute atomic E-state index is 13.0. The number of methoxy groups -OCH3 is 3. The van der Waals surface area contributed by atoms with Crippen molar-refractivity contribution in [3.63, 3.8) is 0 Å². The molecule has 0 aromatic heterocycles. The zero-order chi connectivity index (χ0) is 21.6. The highest BCUT2D eigenvalue weighted by Crippen LogP contribution is 2.38. The third-order valence-electron chi connectivity index (χ3n) is 4.39. The molecule has 0 spiro atoms. The molecule has 0 aliphatic heterocycles. The van der Waals surface area contributed by atoms with E-state index in [0.717, 1.165) is 5.56 Å². The fourth-order valence-corrected chi connectivity index (χ4v) is 2.98. The molecule has 8 heteroatoms. The average Bonchev–Trinajstić information content (AvgIpc) is 2.72. The summed E-state index contributed by atoms with van der Waals surface area (Å²) in [5.74, 6) is 0.474. The number of nitrogens with one attached hydrogen (secondary N) is 1. The van der Waals surface area contributed by atoms with E-state index in [-0.39, 0.29) is 18.4 Å². The summed E-state index contributed by atoms with van der Waals surface area (Å²) < 4.78 is 15.9. The van der Waals surface area contributed by atoms with Gasteiger partial charge in [-0.2, -0.15) is 0 Å². The fourth-order valence-electron chi connectivity index (χ4n) is 2.81. The molecule has 0 heterocycles. The summed E-state index contributed by atoms with van der Waals surface area (Å²) in [5.41, 5.74) is 1.81. The van der Waals surface area contributed by atoms with Crippen molar-refractivity contribution in [2.45, 2.75) is 13.8 Å². The van der Waals surface area contributed by atoms with Crippen LogP contribution in [0, 0.1) is 6.92 Å². The Bertz CT molecular complexity index is 876. The molecule has 0 bridgehead atoms. The molecule has 7 nitrogen and oxygen atoms in total. The van der Waals surface area contributed by atoms with E-state index in [0.29, 0.717) is 40.1 Å². The average molecular weight is 421 g/mol. The molecule has 0 unspecified atom stereocenters. The number of hydrogen-bond acceptors (Lipinski definition) is 5. The van der Waals surface area contributed by atoms with E-state index in [9.17, 15) is 9.59 Å². The van der Waals surface area contributed by atoms with Gasteiger partial charge in [-0.25, -0.2) is 0 Å². The Morgan fingerprint density at radius 1 is 1.03 bits per heavy atom. The highest BCUT2D eigenvalue weighted by Gasteiger charge is 2.22. The molecule has 0 atom stereocenters. The third-order valence-corrected chi connectivity index (χ3v) is 4.62. The normalized spacial score (nSPS) is 10.3. The van der Waals surface area contributed by atoms with Crippen LogP contribution in [0.3, 0.4) is 0 Å². The predicted octanol–water partition coefficient (Wildman–Crippen LogP) is 3.78. The first kappa shape index (κ1) is 22.4. The zero-order valence-corrected chi connectivity index (χ0v) is 17.9. The molecule has 2 rings (SSSR count). The topological polar surface area (TPSA) is 77.1 Å². The van der Waals surface area contributed by atoms with Gasteiger partial charge in [0.25, 0.3) is 5.91 Å². The van der Waals surface area contributed by atoms with E-state index < -0.39 is 0 Å². The summed E-state index contributed by atoms with van der Waals surface area (Å²) in [4.78, 5) is 26.9. The van der Waals surface area contributed by atoms with Gasteiger partial charge < -0.3 is 24.4 Å². The van der Waals surface area contributed by atoms with Crippen molar-refractivity contribution in [1.82, 2.24) is 4.90 Å². The minimum absolute atomic E-state index is 0.113. The van der Waals surface area contributed by atoms with Gasteiger partial charge in [0.2, 0.25) is 11.7 Å². The summed E-state index contributed by atoms with van der Waals surface area (Å²) in [5, 5.41) is 3.32. The number of likely N-dealkylation sites (N-methyl/N-ethyl adjacent to an activating group) is 1. The molecule has 0 saturated heterocycles. The predicted molar refractivity (Wildman–Crippen MR) is 112 cm³/mol. The van der Waals surface area contributed by atoms with E-state index >= 15 is 0 Å². The minimum Gasteiger partial charge on any atom is -0.493 e. The fraction of sp³-hybridized carbons (Fsp3) is 0.333. The van der Waals surface area contributed by atoms with Crippen LogP contribution in [0.2, 0.25) is 5.02 Å². The number of benzene rings is 2. The Morgan fingerprint density at radius 2 is 1.66 bits per heavy atom. The highest BCUT2D eigenvalue weighted by atomic mass is 35.5. The van der Waals surface area contributed by atoms with E-state index in [1.54, 1.807) is 31.2 Å². The monoisotopic (exact) mass is 420 g/mol. The van der Waals surface area contributed by atoms with E-state index in [4.69, 9.17) is 25.8 Å². The van der Waals surface area contributed by atoms with E-state index in [1.165, 1.54) is 26.2 Å². The Hall–Kier alpha value is -2.93. The number of rotatable bonds is 8. The maximum atomic E-state index is 13.0. The van der Waals surface area contributed by atoms with E-state index in [2.05, 4.69) is 5.32 Å². The Kier molecular flexibility index (Phi) is 7.73.